The Balaban J connectivity index is 2.39. The molecular weight excluding hydrogens is 438 g/mol. The molecule has 0 unspecified atom stereocenters. The van der Waals surface area contributed by atoms with E-state index in [1.54, 1.807) is 24.3 Å². The highest BCUT2D eigenvalue weighted by Crippen LogP contribution is 2.20. The number of anilines is 1. The smallest absolute Gasteiger partial charge is 0.244 e. The number of amides is 2. The van der Waals surface area contributed by atoms with Gasteiger partial charge in [-0.1, -0.05) is 61.4 Å². The van der Waals surface area contributed by atoms with E-state index in [2.05, 4.69) is 5.32 Å². The largest absolute Gasteiger partial charge is 0.354 e. The van der Waals surface area contributed by atoms with Crippen LogP contribution in [0.2, 0.25) is 0 Å². The van der Waals surface area contributed by atoms with Crippen molar-refractivity contribution in [3.05, 3.63) is 65.2 Å². The Bertz CT molecular complexity index is 1030. The molecule has 0 saturated heterocycles. The molecule has 0 aliphatic heterocycles. The maximum absolute atomic E-state index is 13.5. The van der Waals surface area contributed by atoms with Gasteiger partial charge in [-0.15, -0.1) is 0 Å². The van der Waals surface area contributed by atoms with Gasteiger partial charge in [0, 0.05) is 13.1 Å². The van der Waals surface area contributed by atoms with Crippen molar-refractivity contribution >= 4 is 27.5 Å². The number of benzene rings is 2. The molecule has 0 aromatic heterocycles. The van der Waals surface area contributed by atoms with Gasteiger partial charge in [-0.2, -0.15) is 0 Å². The van der Waals surface area contributed by atoms with Gasteiger partial charge >= 0.3 is 0 Å². The zero-order valence-corrected chi connectivity index (χ0v) is 21.0. The summed E-state index contributed by atoms with van der Waals surface area (Å²) in [5, 5.41) is 2.87. The Labute approximate surface area is 197 Å². The van der Waals surface area contributed by atoms with Gasteiger partial charge in [-0.3, -0.25) is 13.9 Å². The average molecular weight is 474 g/mol. The Morgan fingerprint density at radius 2 is 1.48 bits per heavy atom. The molecule has 0 spiro atoms. The third-order valence-electron chi connectivity index (χ3n) is 5.41. The number of nitrogens with one attached hydrogen (secondary N) is 1. The van der Waals surface area contributed by atoms with Crippen LogP contribution in [0.4, 0.5) is 5.69 Å². The topological polar surface area (TPSA) is 86.8 Å². The molecule has 0 radical (unpaired) electrons. The van der Waals surface area contributed by atoms with E-state index in [-0.39, 0.29) is 19.0 Å². The summed E-state index contributed by atoms with van der Waals surface area (Å²) in [4.78, 5) is 27.9. The number of hydrogen-bond acceptors (Lipinski definition) is 4. The standard InChI is InChI=1S/C25H35N3O4S/c1-6-16-26-25(30)23(7-2)27(17-21-12-8-19(3)9-13-21)24(29)18-28(33(5,31)32)22-14-10-20(4)11-15-22/h8-15,23H,6-7,16-18H2,1-5H3,(H,26,30)/t23-/m0/s1. The molecule has 8 heteroatoms. The summed E-state index contributed by atoms with van der Waals surface area (Å²) >= 11 is 0. The molecule has 0 heterocycles. The predicted octanol–water partition coefficient (Wildman–Crippen LogP) is 3.40. The third-order valence-corrected chi connectivity index (χ3v) is 6.55. The number of carbonyl (C=O) groups is 2. The fourth-order valence-corrected chi connectivity index (χ4v) is 4.35. The van der Waals surface area contributed by atoms with Crippen LogP contribution in [0.25, 0.3) is 0 Å². The molecule has 2 aromatic carbocycles. The first-order chi connectivity index (χ1) is 15.6. The lowest BCUT2D eigenvalue weighted by atomic mass is 10.1. The summed E-state index contributed by atoms with van der Waals surface area (Å²) in [6.45, 7) is 8.03. The van der Waals surface area contributed by atoms with E-state index in [0.717, 1.165) is 33.7 Å². The normalized spacial score (nSPS) is 12.2. The molecule has 1 N–H and O–H groups in total. The highest BCUT2D eigenvalue weighted by molar-refractivity contribution is 7.92. The number of carbonyl (C=O) groups excluding carboxylic acids is 2. The molecule has 0 saturated carbocycles. The Kier molecular flexibility index (Phi) is 9.46. The predicted molar refractivity (Wildman–Crippen MR) is 132 cm³/mol. The lowest BCUT2D eigenvalue weighted by Gasteiger charge is -2.33. The minimum Gasteiger partial charge on any atom is -0.354 e. The van der Waals surface area contributed by atoms with E-state index < -0.39 is 22.0 Å². The van der Waals surface area contributed by atoms with E-state index in [1.807, 2.05) is 52.0 Å². The number of nitrogens with zero attached hydrogens (tertiary/aromatic N) is 2. The van der Waals surface area contributed by atoms with Gasteiger partial charge in [0.05, 0.1) is 11.9 Å². The number of rotatable bonds is 11. The quantitative estimate of drug-likeness (QED) is 0.542. The summed E-state index contributed by atoms with van der Waals surface area (Å²) in [6.07, 6.45) is 2.27. The second-order valence-electron chi connectivity index (χ2n) is 8.33. The summed E-state index contributed by atoms with van der Waals surface area (Å²) < 4.78 is 26.2. The average Bonchev–Trinajstić information content (AvgIpc) is 2.77. The molecule has 0 aliphatic rings. The van der Waals surface area contributed by atoms with E-state index in [9.17, 15) is 18.0 Å². The fourth-order valence-electron chi connectivity index (χ4n) is 3.50. The summed E-state index contributed by atoms with van der Waals surface area (Å²) in [5.41, 5.74) is 3.36. The van der Waals surface area contributed by atoms with Crippen molar-refractivity contribution < 1.29 is 18.0 Å². The first-order valence-corrected chi connectivity index (χ1v) is 13.1. The molecule has 180 valence electrons. The molecule has 2 rings (SSSR count). The lowest BCUT2D eigenvalue weighted by molar-refractivity contribution is -0.140. The van der Waals surface area contributed by atoms with Crippen LogP contribution in [0, 0.1) is 13.8 Å². The molecular formula is C25H35N3O4S. The molecule has 7 nitrogen and oxygen atoms in total. The van der Waals surface area contributed by atoms with Gasteiger partial charge in [0.1, 0.15) is 12.6 Å². The minimum absolute atomic E-state index is 0.211. The van der Waals surface area contributed by atoms with Crippen molar-refractivity contribution in [2.75, 3.05) is 23.7 Å². The maximum atomic E-state index is 13.5. The van der Waals surface area contributed by atoms with Gasteiger partial charge in [0.25, 0.3) is 0 Å². The molecule has 0 fully saturated rings. The van der Waals surface area contributed by atoms with Crippen LogP contribution in [0.15, 0.2) is 48.5 Å². The number of aryl methyl sites for hydroxylation is 2. The zero-order chi connectivity index (χ0) is 24.6. The second-order valence-corrected chi connectivity index (χ2v) is 10.2. The van der Waals surface area contributed by atoms with Crippen LogP contribution in [0.1, 0.15) is 43.4 Å². The highest BCUT2D eigenvalue weighted by Gasteiger charge is 2.31. The first-order valence-electron chi connectivity index (χ1n) is 11.2. The summed E-state index contributed by atoms with van der Waals surface area (Å²) in [5.74, 6) is -0.666. The van der Waals surface area contributed by atoms with Crippen molar-refractivity contribution in [2.45, 2.75) is 53.1 Å². The molecule has 2 amide bonds. The summed E-state index contributed by atoms with van der Waals surface area (Å²) in [6, 6.07) is 14.0. The van der Waals surface area contributed by atoms with Gasteiger partial charge in [-0.25, -0.2) is 8.42 Å². The minimum atomic E-state index is -3.72. The Morgan fingerprint density at radius 3 is 1.97 bits per heavy atom. The van der Waals surface area contributed by atoms with Crippen LogP contribution in [-0.2, 0) is 26.2 Å². The fraction of sp³-hybridized carbons (Fsp3) is 0.440. The number of sulfonamides is 1. The third kappa shape index (κ3) is 7.60. The second kappa shape index (κ2) is 11.8. The Morgan fingerprint density at radius 1 is 0.939 bits per heavy atom. The van der Waals surface area contributed by atoms with Gasteiger partial charge in [0.2, 0.25) is 21.8 Å². The zero-order valence-electron chi connectivity index (χ0n) is 20.2. The van der Waals surface area contributed by atoms with E-state index in [0.29, 0.717) is 18.7 Å². The maximum Gasteiger partial charge on any atom is 0.244 e. The van der Waals surface area contributed by atoms with Crippen molar-refractivity contribution in [1.29, 1.82) is 0 Å². The van der Waals surface area contributed by atoms with Crippen LogP contribution < -0.4 is 9.62 Å². The monoisotopic (exact) mass is 473 g/mol. The van der Waals surface area contributed by atoms with Crippen LogP contribution in [0.5, 0.6) is 0 Å². The van der Waals surface area contributed by atoms with Crippen molar-refractivity contribution in [1.82, 2.24) is 10.2 Å². The molecule has 2 aromatic rings. The SMILES string of the molecule is CCCNC(=O)[C@H](CC)N(Cc1ccc(C)cc1)C(=O)CN(c1ccc(C)cc1)S(C)(=O)=O. The van der Waals surface area contributed by atoms with Gasteiger partial charge in [-0.05, 0) is 44.4 Å². The van der Waals surface area contributed by atoms with E-state index >= 15 is 0 Å². The molecule has 0 bridgehead atoms. The molecule has 0 aliphatic carbocycles. The Hall–Kier alpha value is -2.87. The number of hydrogen-bond donors (Lipinski definition) is 1. The lowest BCUT2D eigenvalue weighted by Crippen LogP contribution is -2.52. The van der Waals surface area contributed by atoms with E-state index in [4.69, 9.17) is 0 Å². The highest BCUT2D eigenvalue weighted by atomic mass is 32.2. The van der Waals surface area contributed by atoms with Crippen LogP contribution in [0.3, 0.4) is 0 Å². The van der Waals surface area contributed by atoms with E-state index in [1.165, 1.54) is 4.90 Å². The molecule has 33 heavy (non-hydrogen) atoms. The summed E-state index contributed by atoms with van der Waals surface area (Å²) in [7, 11) is -3.72. The molecule has 1 atom stereocenters. The van der Waals surface area contributed by atoms with Crippen molar-refractivity contribution in [2.24, 2.45) is 0 Å². The van der Waals surface area contributed by atoms with Crippen molar-refractivity contribution in [3.8, 4) is 0 Å². The first kappa shape index (κ1) is 26.4. The van der Waals surface area contributed by atoms with Crippen LogP contribution >= 0.6 is 0 Å². The van der Waals surface area contributed by atoms with Gasteiger partial charge < -0.3 is 10.2 Å². The van der Waals surface area contributed by atoms with Crippen LogP contribution in [-0.4, -0.2) is 50.5 Å². The van der Waals surface area contributed by atoms with Crippen molar-refractivity contribution in [3.63, 3.8) is 0 Å². The van der Waals surface area contributed by atoms with Gasteiger partial charge in [0.15, 0.2) is 0 Å².